The molecule has 1 N–H and O–H groups in total. The summed E-state index contributed by atoms with van der Waals surface area (Å²) in [7, 11) is 0. The van der Waals surface area contributed by atoms with E-state index in [1.165, 1.54) is 16.7 Å². The first-order valence-electron chi connectivity index (χ1n) is 9.43. The largest absolute Gasteiger partial charge is 0.332 e. The highest BCUT2D eigenvalue weighted by Gasteiger charge is 2.20. The maximum atomic E-state index is 13.1. The van der Waals surface area contributed by atoms with Crippen LogP contribution < -0.4 is 0 Å². The Kier molecular flexibility index (Phi) is 5.89. The molecule has 0 spiro atoms. The van der Waals surface area contributed by atoms with Crippen LogP contribution in [-0.4, -0.2) is 52.1 Å². The van der Waals surface area contributed by atoms with Crippen LogP contribution in [0.3, 0.4) is 0 Å². The van der Waals surface area contributed by atoms with Crippen LogP contribution in [0.1, 0.15) is 46.7 Å². The third kappa shape index (κ3) is 4.05. The zero-order valence-corrected chi connectivity index (χ0v) is 16.0. The minimum absolute atomic E-state index is 0.0114. The van der Waals surface area contributed by atoms with Gasteiger partial charge in [0.2, 0.25) is 0 Å². The second kappa shape index (κ2) is 8.32. The molecule has 0 bridgehead atoms. The number of carbonyl (C=O) groups excluding carboxylic acids is 1. The van der Waals surface area contributed by atoms with Crippen molar-refractivity contribution in [1.82, 2.24) is 20.0 Å². The molecule has 1 amide bonds. The van der Waals surface area contributed by atoms with Crippen LogP contribution in [-0.2, 0) is 13.0 Å². The molecule has 26 heavy (non-hydrogen) atoms. The molecule has 138 valence electrons. The fourth-order valence-corrected chi connectivity index (χ4v) is 3.46. The average molecular weight is 352 g/mol. The van der Waals surface area contributed by atoms with Gasteiger partial charge in [-0.2, -0.15) is 5.10 Å². The Hall–Kier alpha value is -2.40. The number of carbonyl (C=O) groups is 1. The summed E-state index contributed by atoms with van der Waals surface area (Å²) in [4.78, 5) is 17.3. The van der Waals surface area contributed by atoms with E-state index in [0.717, 1.165) is 31.7 Å². The van der Waals surface area contributed by atoms with Crippen LogP contribution in [0.5, 0.6) is 0 Å². The number of allylic oxidation sites excluding steroid dienone is 1. The van der Waals surface area contributed by atoms with E-state index in [-0.39, 0.29) is 5.91 Å². The number of H-pyrrole nitrogens is 1. The number of rotatable bonds is 8. The van der Waals surface area contributed by atoms with Crippen molar-refractivity contribution >= 4 is 12.0 Å². The zero-order valence-electron chi connectivity index (χ0n) is 16.0. The van der Waals surface area contributed by atoms with Gasteiger partial charge in [0.15, 0.2) is 0 Å². The quantitative estimate of drug-likeness (QED) is 0.793. The first-order chi connectivity index (χ1) is 12.6. The van der Waals surface area contributed by atoms with E-state index < -0.39 is 0 Å². The van der Waals surface area contributed by atoms with Gasteiger partial charge in [-0.15, -0.1) is 0 Å². The highest BCUT2D eigenvalue weighted by atomic mass is 16.2. The Labute approximate surface area is 155 Å². The fraction of sp³-hybridized carbons (Fsp3) is 0.429. The molecule has 1 heterocycles. The number of amides is 1. The highest BCUT2D eigenvalue weighted by molar-refractivity contribution is 5.92. The maximum Gasteiger partial charge on any atom is 0.272 e. The highest BCUT2D eigenvalue weighted by Crippen LogP contribution is 2.24. The first-order valence-corrected chi connectivity index (χ1v) is 9.43. The smallest absolute Gasteiger partial charge is 0.272 e. The van der Waals surface area contributed by atoms with Crippen molar-refractivity contribution in [2.45, 2.75) is 33.7 Å². The first kappa shape index (κ1) is 18.4. The molecule has 1 aromatic heterocycles. The van der Waals surface area contributed by atoms with Crippen LogP contribution in [0.2, 0.25) is 0 Å². The normalized spacial score (nSPS) is 12.6. The van der Waals surface area contributed by atoms with Crippen molar-refractivity contribution in [3.8, 4) is 0 Å². The van der Waals surface area contributed by atoms with Gasteiger partial charge in [0.1, 0.15) is 5.69 Å². The van der Waals surface area contributed by atoms with Gasteiger partial charge in [-0.3, -0.25) is 9.89 Å². The summed E-state index contributed by atoms with van der Waals surface area (Å²) in [6, 6.07) is 8.21. The number of fused-ring (bicyclic) bond motifs is 1. The van der Waals surface area contributed by atoms with Crippen LogP contribution in [0.25, 0.3) is 6.08 Å². The lowest BCUT2D eigenvalue weighted by atomic mass is 10.0. The van der Waals surface area contributed by atoms with Gasteiger partial charge in [-0.25, -0.2) is 0 Å². The lowest BCUT2D eigenvalue weighted by molar-refractivity contribution is 0.0718. The molecule has 0 saturated heterocycles. The molecule has 3 rings (SSSR count). The molecule has 1 aliphatic rings. The number of aryl methyl sites for hydroxylation is 1. The van der Waals surface area contributed by atoms with E-state index in [9.17, 15) is 4.79 Å². The van der Waals surface area contributed by atoms with Crippen LogP contribution >= 0.6 is 0 Å². The van der Waals surface area contributed by atoms with Gasteiger partial charge in [0, 0.05) is 19.6 Å². The Morgan fingerprint density at radius 3 is 2.73 bits per heavy atom. The molecule has 2 aromatic rings. The lowest BCUT2D eigenvalue weighted by Gasteiger charge is -2.27. The summed E-state index contributed by atoms with van der Waals surface area (Å²) in [5, 5.41) is 6.99. The molecule has 1 aromatic carbocycles. The number of hydrogen-bond acceptors (Lipinski definition) is 3. The van der Waals surface area contributed by atoms with Crippen molar-refractivity contribution in [3.63, 3.8) is 0 Å². The van der Waals surface area contributed by atoms with E-state index in [4.69, 9.17) is 0 Å². The van der Waals surface area contributed by atoms with Crippen molar-refractivity contribution in [3.05, 3.63) is 58.4 Å². The molecule has 1 aliphatic carbocycles. The topological polar surface area (TPSA) is 52.2 Å². The summed E-state index contributed by atoms with van der Waals surface area (Å²) in [6.07, 6.45) is 5.35. The van der Waals surface area contributed by atoms with Gasteiger partial charge < -0.3 is 9.80 Å². The average Bonchev–Trinajstić information content (AvgIpc) is 3.30. The van der Waals surface area contributed by atoms with Crippen molar-refractivity contribution in [2.75, 3.05) is 26.2 Å². The Balaban J connectivity index is 1.82. The van der Waals surface area contributed by atoms with Crippen molar-refractivity contribution in [2.24, 2.45) is 0 Å². The summed E-state index contributed by atoms with van der Waals surface area (Å²) < 4.78 is 0. The molecular weight excluding hydrogens is 324 g/mol. The SMILES string of the molecule is CCN(CC)CCN(Cc1cccc2c1C=CC2)C(=O)c1cc(C)n[nH]1. The molecule has 0 aliphatic heterocycles. The molecule has 0 unspecified atom stereocenters. The standard InChI is InChI=1S/C21H28N4O/c1-4-24(5-2)12-13-25(21(26)20-14-16(3)22-23-20)15-18-10-6-8-17-9-7-11-19(17)18/h6-8,10-11,14H,4-5,9,12-13,15H2,1-3H3,(H,22,23). The predicted molar refractivity (Wildman–Crippen MR) is 105 cm³/mol. The van der Waals surface area contributed by atoms with Crippen LogP contribution in [0.4, 0.5) is 0 Å². The van der Waals surface area contributed by atoms with Gasteiger partial charge in [0.25, 0.3) is 5.91 Å². The zero-order chi connectivity index (χ0) is 18.5. The van der Waals surface area contributed by atoms with Crippen molar-refractivity contribution < 1.29 is 4.79 Å². The monoisotopic (exact) mass is 352 g/mol. The lowest BCUT2D eigenvalue weighted by Crippen LogP contribution is -2.38. The minimum atomic E-state index is 0.0114. The van der Waals surface area contributed by atoms with E-state index >= 15 is 0 Å². The Morgan fingerprint density at radius 1 is 1.23 bits per heavy atom. The molecule has 0 atom stereocenters. The number of nitrogens with one attached hydrogen (secondary N) is 1. The van der Waals surface area contributed by atoms with Gasteiger partial charge >= 0.3 is 0 Å². The van der Waals surface area contributed by atoms with E-state index in [1.54, 1.807) is 0 Å². The number of nitrogens with zero attached hydrogens (tertiary/aromatic N) is 3. The number of aromatic amines is 1. The number of hydrogen-bond donors (Lipinski definition) is 1. The van der Waals surface area contributed by atoms with Crippen LogP contribution in [0.15, 0.2) is 30.3 Å². The van der Waals surface area contributed by atoms with Crippen molar-refractivity contribution in [1.29, 1.82) is 0 Å². The summed E-state index contributed by atoms with van der Waals surface area (Å²) >= 11 is 0. The molecule has 0 fully saturated rings. The molecule has 0 saturated carbocycles. The van der Waals surface area contributed by atoms with E-state index in [0.29, 0.717) is 18.8 Å². The Bertz CT molecular complexity index is 789. The predicted octanol–water partition coefficient (Wildman–Crippen LogP) is 3.27. The van der Waals surface area contributed by atoms with Crippen LogP contribution in [0, 0.1) is 6.92 Å². The number of likely N-dealkylation sites (N-methyl/N-ethyl adjacent to an activating group) is 1. The second-order valence-electron chi connectivity index (χ2n) is 6.77. The molecule has 5 nitrogen and oxygen atoms in total. The molecule has 5 heteroatoms. The maximum absolute atomic E-state index is 13.1. The van der Waals surface area contributed by atoms with Gasteiger partial charge in [-0.1, -0.05) is 44.2 Å². The third-order valence-electron chi connectivity index (χ3n) is 5.07. The fourth-order valence-electron chi connectivity index (χ4n) is 3.46. The number of aromatic nitrogens is 2. The molecule has 0 radical (unpaired) electrons. The van der Waals surface area contributed by atoms with E-state index in [2.05, 4.69) is 59.3 Å². The summed E-state index contributed by atoms with van der Waals surface area (Å²) in [5.74, 6) is 0.0114. The minimum Gasteiger partial charge on any atom is -0.332 e. The summed E-state index contributed by atoms with van der Waals surface area (Å²) in [6.45, 7) is 10.4. The third-order valence-corrected chi connectivity index (χ3v) is 5.07. The van der Waals surface area contributed by atoms with E-state index in [1.807, 2.05) is 17.9 Å². The second-order valence-corrected chi connectivity index (χ2v) is 6.77. The van der Waals surface area contributed by atoms with Gasteiger partial charge in [0.05, 0.1) is 5.69 Å². The van der Waals surface area contributed by atoms with Gasteiger partial charge in [-0.05, 0) is 49.2 Å². The molecular formula is C21H28N4O. The number of benzene rings is 1. The Morgan fingerprint density at radius 2 is 2.04 bits per heavy atom. The summed E-state index contributed by atoms with van der Waals surface area (Å²) in [5.41, 5.74) is 5.22.